The van der Waals surface area contributed by atoms with Gasteiger partial charge in [0, 0.05) is 5.39 Å². The fourth-order valence-electron chi connectivity index (χ4n) is 1.67. The van der Waals surface area contributed by atoms with Crippen molar-refractivity contribution in [2.75, 3.05) is 0 Å². The van der Waals surface area contributed by atoms with Crippen LogP contribution in [0.1, 0.15) is 18.2 Å². The number of hydrogen-bond donors (Lipinski definition) is 0. The second kappa shape index (κ2) is 3.77. The largest absolute Gasteiger partial charge is 0.433 e. The highest BCUT2D eigenvalue weighted by molar-refractivity contribution is 5.79. The molecule has 84 valence electrons. The number of rotatable bonds is 1. The van der Waals surface area contributed by atoms with Crippen LogP contribution in [0.5, 0.6) is 0 Å². The minimum atomic E-state index is -4.38. The number of aromatic nitrogens is 1. The van der Waals surface area contributed by atoms with Crippen LogP contribution in [0.25, 0.3) is 10.9 Å². The third-order valence-electron chi connectivity index (χ3n) is 2.45. The zero-order chi connectivity index (χ0) is 11.8. The van der Waals surface area contributed by atoms with Gasteiger partial charge < -0.3 is 0 Å². The Morgan fingerprint density at radius 3 is 2.50 bits per heavy atom. The van der Waals surface area contributed by atoms with E-state index in [2.05, 4.69) is 4.98 Å². The lowest BCUT2D eigenvalue weighted by molar-refractivity contribution is -0.141. The molecule has 0 aliphatic rings. The highest BCUT2D eigenvalue weighted by atomic mass is 19.4. The molecule has 0 bridgehead atoms. The van der Waals surface area contributed by atoms with E-state index in [4.69, 9.17) is 0 Å². The Hall–Kier alpha value is -1.58. The molecule has 0 saturated carbocycles. The van der Waals surface area contributed by atoms with Crippen LogP contribution < -0.4 is 0 Å². The van der Waals surface area contributed by atoms with E-state index < -0.39 is 11.9 Å². The summed E-state index contributed by atoms with van der Waals surface area (Å²) in [6.45, 7) is 1.70. The van der Waals surface area contributed by atoms with Gasteiger partial charge in [-0.05, 0) is 24.1 Å². The van der Waals surface area contributed by atoms with Crippen LogP contribution in [0.4, 0.5) is 13.2 Å². The predicted octanol–water partition coefficient (Wildman–Crippen LogP) is 3.82. The lowest BCUT2D eigenvalue weighted by Gasteiger charge is -2.11. The van der Waals surface area contributed by atoms with E-state index in [0.29, 0.717) is 11.9 Å². The lowest BCUT2D eigenvalue weighted by Crippen LogP contribution is -2.11. The topological polar surface area (TPSA) is 12.9 Å². The number of aryl methyl sites for hydroxylation is 1. The van der Waals surface area contributed by atoms with Gasteiger partial charge in [0.05, 0.1) is 5.52 Å². The molecule has 2 rings (SSSR count). The standard InChI is InChI=1S/C12H10F3N/c1-2-8-7-9-5-3-4-6-10(9)16-11(8)12(13,14)15/h3-7H,2H2,1H3. The molecule has 4 heteroatoms. The normalized spacial score (nSPS) is 12.0. The van der Waals surface area contributed by atoms with Gasteiger partial charge in [-0.25, -0.2) is 4.98 Å². The Morgan fingerprint density at radius 1 is 1.19 bits per heavy atom. The van der Waals surface area contributed by atoms with Gasteiger partial charge in [0.1, 0.15) is 5.69 Å². The quantitative estimate of drug-likeness (QED) is 0.719. The third-order valence-corrected chi connectivity index (χ3v) is 2.45. The van der Waals surface area contributed by atoms with Gasteiger partial charge in [-0.3, -0.25) is 0 Å². The number of alkyl halides is 3. The Bertz CT molecular complexity index is 517. The summed E-state index contributed by atoms with van der Waals surface area (Å²) in [6, 6.07) is 8.38. The molecular formula is C12H10F3N. The van der Waals surface area contributed by atoms with Crippen molar-refractivity contribution < 1.29 is 13.2 Å². The van der Waals surface area contributed by atoms with Crippen molar-refractivity contribution in [3.05, 3.63) is 41.6 Å². The third kappa shape index (κ3) is 1.87. The minimum absolute atomic E-state index is 0.242. The zero-order valence-electron chi connectivity index (χ0n) is 8.67. The number of hydrogen-bond acceptors (Lipinski definition) is 1. The summed E-state index contributed by atoms with van der Waals surface area (Å²) in [5.74, 6) is 0. The number of nitrogens with zero attached hydrogens (tertiary/aromatic N) is 1. The van der Waals surface area contributed by atoms with E-state index >= 15 is 0 Å². The van der Waals surface area contributed by atoms with Crippen LogP contribution >= 0.6 is 0 Å². The summed E-state index contributed by atoms with van der Waals surface area (Å²) >= 11 is 0. The lowest BCUT2D eigenvalue weighted by atomic mass is 10.1. The highest BCUT2D eigenvalue weighted by Crippen LogP contribution is 2.32. The Kier molecular flexibility index (Phi) is 2.58. The zero-order valence-corrected chi connectivity index (χ0v) is 8.67. The Balaban J connectivity index is 2.73. The van der Waals surface area contributed by atoms with Crippen LogP contribution in [-0.2, 0) is 12.6 Å². The number of benzene rings is 1. The number of pyridine rings is 1. The summed E-state index contributed by atoms with van der Waals surface area (Å²) in [7, 11) is 0. The molecule has 0 saturated heterocycles. The smallest absolute Gasteiger partial charge is 0.243 e. The molecule has 0 amide bonds. The van der Waals surface area contributed by atoms with E-state index in [0.717, 1.165) is 5.39 Å². The van der Waals surface area contributed by atoms with Crippen molar-refractivity contribution in [2.45, 2.75) is 19.5 Å². The fourth-order valence-corrected chi connectivity index (χ4v) is 1.67. The van der Waals surface area contributed by atoms with Gasteiger partial charge in [-0.1, -0.05) is 25.1 Å². The van der Waals surface area contributed by atoms with Crippen molar-refractivity contribution in [3.8, 4) is 0 Å². The van der Waals surface area contributed by atoms with Crippen molar-refractivity contribution in [2.24, 2.45) is 0 Å². The molecule has 1 aromatic carbocycles. The number of para-hydroxylation sites is 1. The average molecular weight is 225 g/mol. The van der Waals surface area contributed by atoms with Crippen LogP contribution in [0, 0.1) is 0 Å². The van der Waals surface area contributed by atoms with E-state index in [1.807, 2.05) is 0 Å². The molecule has 0 unspecified atom stereocenters. The van der Waals surface area contributed by atoms with Gasteiger partial charge >= 0.3 is 6.18 Å². The van der Waals surface area contributed by atoms with Gasteiger partial charge in [0.25, 0.3) is 0 Å². The van der Waals surface area contributed by atoms with E-state index in [1.165, 1.54) is 0 Å². The molecule has 2 aromatic rings. The maximum Gasteiger partial charge on any atom is 0.433 e. The first-order valence-corrected chi connectivity index (χ1v) is 4.98. The minimum Gasteiger partial charge on any atom is -0.243 e. The summed E-state index contributed by atoms with van der Waals surface area (Å²) in [6.07, 6.45) is -4.05. The monoisotopic (exact) mass is 225 g/mol. The maximum absolute atomic E-state index is 12.7. The van der Waals surface area contributed by atoms with Crippen molar-refractivity contribution in [3.63, 3.8) is 0 Å². The van der Waals surface area contributed by atoms with Gasteiger partial charge in [-0.2, -0.15) is 13.2 Å². The summed E-state index contributed by atoms with van der Waals surface area (Å²) in [5.41, 5.74) is -0.146. The second-order valence-corrected chi connectivity index (χ2v) is 3.54. The first kappa shape index (κ1) is 10.9. The first-order valence-electron chi connectivity index (χ1n) is 4.98. The summed E-state index contributed by atoms with van der Waals surface area (Å²) in [5, 5.41) is 0.743. The molecular weight excluding hydrogens is 215 g/mol. The predicted molar refractivity (Wildman–Crippen MR) is 56.1 cm³/mol. The molecule has 0 fully saturated rings. The van der Waals surface area contributed by atoms with Crippen molar-refractivity contribution in [1.82, 2.24) is 4.98 Å². The molecule has 1 nitrogen and oxygen atoms in total. The van der Waals surface area contributed by atoms with E-state index in [9.17, 15) is 13.2 Å². The second-order valence-electron chi connectivity index (χ2n) is 3.54. The number of fused-ring (bicyclic) bond motifs is 1. The Morgan fingerprint density at radius 2 is 1.88 bits per heavy atom. The first-order chi connectivity index (χ1) is 7.52. The Labute approximate surface area is 90.9 Å². The molecule has 1 heterocycles. The molecule has 0 spiro atoms. The van der Waals surface area contributed by atoms with Gasteiger partial charge in [0.15, 0.2) is 0 Å². The summed E-state index contributed by atoms with van der Waals surface area (Å²) in [4.78, 5) is 3.69. The highest BCUT2D eigenvalue weighted by Gasteiger charge is 2.35. The fraction of sp³-hybridized carbons (Fsp3) is 0.250. The molecule has 16 heavy (non-hydrogen) atoms. The molecule has 0 aliphatic carbocycles. The van der Waals surface area contributed by atoms with E-state index in [1.54, 1.807) is 37.3 Å². The average Bonchev–Trinajstić information content (AvgIpc) is 2.26. The SMILES string of the molecule is CCc1cc2ccccc2nc1C(F)(F)F. The molecule has 0 N–H and O–H groups in total. The van der Waals surface area contributed by atoms with Crippen LogP contribution in [-0.4, -0.2) is 4.98 Å². The van der Waals surface area contributed by atoms with Crippen molar-refractivity contribution in [1.29, 1.82) is 0 Å². The van der Waals surface area contributed by atoms with Gasteiger partial charge in [0.2, 0.25) is 0 Å². The number of halogens is 3. The maximum atomic E-state index is 12.7. The molecule has 1 aromatic heterocycles. The summed E-state index contributed by atoms with van der Waals surface area (Å²) < 4.78 is 38.1. The van der Waals surface area contributed by atoms with Crippen LogP contribution in [0.2, 0.25) is 0 Å². The van der Waals surface area contributed by atoms with Crippen molar-refractivity contribution >= 4 is 10.9 Å². The molecule has 0 aliphatic heterocycles. The van der Waals surface area contributed by atoms with Crippen LogP contribution in [0.15, 0.2) is 30.3 Å². The van der Waals surface area contributed by atoms with Crippen LogP contribution in [0.3, 0.4) is 0 Å². The molecule has 0 atom stereocenters. The molecule has 0 radical (unpaired) electrons. The van der Waals surface area contributed by atoms with E-state index in [-0.39, 0.29) is 5.56 Å². The van der Waals surface area contributed by atoms with Gasteiger partial charge in [-0.15, -0.1) is 0 Å².